The van der Waals surface area contributed by atoms with E-state index in [-0.39, 0.29) is 12.5 Å². The van der Waals surface area contributed by atoms with Gasteiger partial charge in [-0.05, 0) is 24.6 Å². The molecule has 0 heterocycles. The summed E-state index contributed by atoms with van der Waals surface area (Å²) in [6.07, 6.45) is 0.898. The molecule has 5 heteroatoms. The highest BCUT2D eigenvalue weighted by molar-refractivity contribution is 6.34. The first kappa shape index (κ1) is 13.1. The Hall–Kier alpha value is -0.930. The van der Waals surface area contributed by atoms with Gasteiger partial charge in [0.25, 0.3) is 5.91 Å². The summed E-state index contributed by atoms with van der Waals surface area (Å²) >= 11 is 11.6. The van der Waals surface area contributed by atoms with Crippen molar-refractivity contribution in [1.82, 2.24) is 5.32 Å². The van der Waals surface area contributed by atoms with Gasteiger partial charge in [-0.15, -0.1) is 0 Å². The Morgan fingerprint density at radius 3 is 2.50 bits per heavy atom. The minimum Gasteiger partial charge on any atom is -0.484 e. The Kier molecular flexibility index (Phi) is 5.43. The van der Waals surface area contributed by atoms with Crippen molar-refractivity contribution in [3.8, 4) is 5.75 Å². The van der Waals surface area contributed by atoms with E-state index < -0.39 is 0 Å². The largest absolute Gasteiger partial charge is 0.484 e. The summed E-state index contributed by atoms with van der Waals surface area (Å²) < 4.78 is 5.25. The van der Waals surface area contributed by atoms with Gasteiger partial charge in [-0.3, -0.25) is 4.79 Å². The van der Waals surface area contributed by atoms with E-state index in [0.717, 1.165) is 6.42 Å². The van der Waals surface area contributed by atoms with Crippen LogP contribution in [-0.4, -0.2) is 19.1 Å². The topological polar surface area (TPSA) is 38.3 Å². The number of ether oxygens (including phenoxy) is 1. The molecule has 1 aromatic carbocycles. The Morgan fingerprint density at radius 2 is 1.94 bits per heavy atom. The molecule has 0 aliphatic carbocycles. The second-order valence-electron chi connectivity index (χ2n) is 3.24. The summed E-state index contributed by atoms with van der Waals surface area (Å²) in [4.78, 5) is 11.2. The number of carbonyl (C=O) groups excluding carboxylic acids is 1. The maximum Gasteiger partial charge on any atom is 0.257 e. The molecule has 0 saturated heterocycles. The molecule has 0 saturated carbocycles. The number of hydrogen-bond donors (Lipinski definition) is 1. The van der Waals surface area contributed by atoms with Gasteiger partial charge < -0.3 is 10.1 Å². The predicted molar refractivity (Wildman–Crippen MR) is 65.3 cm³/mol. The second-order valence-corrected chi connectivity index (χ2v) is 4.12. The zero-order valence-electron chi connectivity index (χ0n) is 8.93. The fourth-order valence-corrected chi connectivity index (χ4v) is 1.58. The first-order chi connectivity index (χ1) is 7.61. The minimum atomic E-state index is -0.155. The molecule has 1 rings (SSSR count). The minimum absolute atomic E-state index is 0.0311. The summed E-state index contributed by atoms with van der Waals surface area (Å²) in [5.74, 6) is 0.335. The van der Waals surface area contributed by atoms with Crippen LogP contribution >= 0.6 is 23.2 Å². The van der Waals surface area contributed by atoms with Crippen LogP contribution in [0.2, 0.25) is 10.0 Å². The van der Waals surface area contributed by atoms with Crippen molar-refractivity contribution >= 4 is 29.1 Å². The molecule has 0 aromatic heterocycles. The van der Waals surface area contributed by atoms with Crippen molar-refractivity contribution in [3.63, 3.8) is 0 Å². The Bertz CT molecular complexity index is 349. The van der Waals surface area contributed by atoms with Gasteiger partial charge in [0.05, 0.1) is 0 Å². The van der Waals surface area contributed by atoms with Crippen molar-refractivity contribution < 1.29 is 9.53 Å². The maximum atomic E-state index is 11.2. The molecular formula is C11H13Cl2NO2. The van der Waals surface area contributed by atoms with Crippen LogP contribution in [0.5, 0.6) is 5.75 Å². The summed E-state index contributed by atoms with van der Waals surface area (Å²) in [7, 11) is 0. The standard InChI is InChI=1S/C11H13Cl2NO2/c1-2-3-14-11(15)7-16-10-5-8(12)4-9(13)6-10/h4-6H,2-3,7H2,1H3,(H,14,15). The smallest absolute Gasteiger partial charge is 0.257 e. The van der Waals surface area contributed by atoms with Crippen LogP contribution in [0.15, 0.2) is 18.2 Å². The van der Waals surface area contributed by atoms with E-state index in [9.17, 15) is 4.79 Å². The lowest BCUT2D eigenvalue weighted by atomic mass is 10.3. The summed E-state index contributed by atoms with van der Waals surface area (Å²) in [6.45, 7) is 2.60. The van der Waals surface area contributed by atoms with Gasteiger partial charge in [0.15, 0.2) is 6.61 Å². The zero-order valence-corrected chi connectivity index (χ0v) is 10.4. The van der Waals surface area contributed by atoms with Gasteiger partial charge in [0.1, 0.15) is 5.75 Å². The molecule has 3 nitrogen and oxygen atoms in total. The predicted octanol–water partition coefficient (Wildman–Crippen LogP) is 2.90. The van der Waals surface area contributed by atoms with Crippen molar-refractivity contribution in [3.05, 3.63) is 28.2 Å². The molecule has 0 atom stereocenters. The number of rotatable bonds is 5. The third-order valence-electron chi connectivity index (χ3n) is 1.78. The average molecular weight is 262 g/mol. The first-order valence-corrected chi connectivity index (χ1v) is 5.73. The molecule has 0 radical (unpaired) electrons. The van der Waals surface area contributed by atoms with E-state index in [4.69, 9.17) is 27.9 Å². The van der Waals surface area contributed by atoms with E-state index in [0.29, 0.717) is 22.3 Å². The number of hydrogen-bond acceptors (Lipinski definition) is 2. The highest BCUT2D eigenvalue weighted by atomic mass is 35.5. The highest BCUT2D eigenvalue weighted by Gasteiger charge is 2.03. The van der Waals surface area contributed by atoms with Crippen molar-refractivity contribution in [1.29, 1.82) is 0 Å². The van der Waals surface area contributed by atoms with Crippen LogP contribution in [0.1, 0.15) is 13.3 Å². The molecule has 1 N–H and O–H groups in total. The molecule has 88 valence electrons. The SMILES string of the molecule is CCCNC(=O)COc1cc(Cl)cc(Cl)c1. The van der Waals surface area contributed by atoms with Crippen LogP contribution in [-0.2, 0) is 4.79 Å². The van der Waals surface area contributed by atoms with E-state index in [2.05, 4.69) is 5.32 Å². The van der Waals surface area contributed by atoms with Crippen LogP contribution in [0, 0.1) is 0 Å². The van der Waals surface area contributed by atoms with E-state index in [1.807, 2.05) is 6.92 Å². The Balaban J connectivity index is 2.45. The van der Waals surface area contributed by atoms with Gasteiger partial charge in [0.2, 0.25) is 0 Å². The van der Waals surface area contributed by atoms with E-state index >= 15 is 0 Å². The number of carbonyl (C=O) groups is 1. The highest BCUT2D eigenvalue weighted by Crippen LogP contribution is 2.23. The Morgan fingerprint density at radius 1 is 1.31 bits per heavy atom. The van der Waals surface area contributed by atoms with Crippen LogP contribution in [0.25, 0.3) is 0 Å². The molecule has 16 heavy (non-hydrogen) atoms. The fraction of sp³-hybridized carbons (Fsp3) is 0.364. The van der Waals surface area contributed by atoms with Gasteiger partial charge in [-0.25, -0.2) is 0 Å². The lowest BCUT2D eigenvalue weighted by Gasteiger charge is -2.07. The lowest BCUT2D eigenvalue weighted by Crippen LogP contribution is -2.29. The van der Waals surface area contributed by atoms with E-state index in [1.165, 1.54) is 0 Å². The normalized spacial score (nSPS) is 9.94. The summed E-state index contributed by atoms with van der Waals surface area (Å²) in [6, 6.07) is 4.83. The molecule has 0 bridgehead atoms. The molecule has 0 fully saturated rings. The molecule has 0 unspecified atom stereocenters. The summed E-state index contributed by atoms with van der Waals surface area (Å²) in [5.41, 5.74) is 0. The number of halogens is 2. The molecule has 1 aromatic rings. The maximum absolute atomic E-state index is 11.2. The van der Waals surface area contributed by atoms with Crippen molar-refractivity contribution in [2.24, 2.45) is 0 Å². The van der Waals surface area contributed by atoms with Crippen LogP contribution in [0.3, 0.4) is 0 Å². The van der Waals surface area contributed by atoms with E-state index in [1.54, 1.807) is 18.2 Å². The van der Waals surface area contributed by atoms with Gasteiger partial charge in [-0.1, -0.05) is 30.1 Å². The number of nitrogens with one attached hydrogen (secondary N) is 1. The number of amides is 1. The van der Waals surface area contributed by atoms with Crippen LogP contribution < -0.4 is 10.1 Å². The van der Waals surface area contributed by atoms with Gasteiger partial charge >= 0.3 is 0 Å². The third kappa shape index (κ3) is 4.73. The lowest BCUT2D eigenvalue weighted by molar-refractivity contribution is -0.123. The Labute approximate surface area is 105 Å². The monoisotopic (exact) mass is 261 g/mol. The molecule has 0 aliphatic rings. The quantitative estimate of drug-likeness (QED) is 0.886. The summed E-state index contributed by atoms with van der Waals surface area (Å²) in [5, 5.41) is 3.67. The van der Waals surface area contributed by atoms with Crippen molar-refractivity contribution in [2.75, 3.05) is 13.2 Å². The van der Waals surface area contributed by atoms with Gasteiger partial charge in [-0.2, -0.15) is 0 Å². The third-order valence-corrected chi connectivity index (χ3v) is 2.21. The first-order valence-electron chi connectivity index (χ1n) is 4.97. The fourth-order valence-electron chi connectivity index (χ4n) is 1.08. The number of benzene rings is 1. The molecular weight excluding hydrogens is 249 g/mol. The molecule has 1 amide bonds. The van der Waals surface area contributed by atoms with Crippen LogP contribution in [0.4, 0.5) is 0 Å². The van der Waals surface area contributed by atoms with Gasteiger partial charge in [0, 0.05) is 16.6 Å². The molecule has 0 aliphatic heterocycles. The average Bonchev–Trinajstić information content (AvgIpc) is 2.22. The zero-order chi connectivity index (χ0) is 12.0. The van der Waals surface area contributed by atoms with Crippen molar-refractivity contribution in [2.45, 2.75) is 13.3 Å². The second kappa shape index (κ2) is 6.61. The molecule has 0 spiro atoms.